The molecule has 0 aliphatic heterocycles. The number of aromatic amines is 1. The van der Waals surface area contributed by atoms with Gasteiger partial charge in [0.15, 0.2) is 0 Å². The number of ether oxygens (including phenoxy) is 1. The molecule has 0 bridgehead atoms. The van der Waals surface area contributed by atoms with Gasteiger partial charge in [-0.25, -0.2) is 4.98 Å². The van der Waals surface area contributed by atoms with Gasteiger partial charge < -0.3 is 9.84 Å². The average Bonchev–Trinajstić information content (AvgIpc) is 3.34. The lowest BCUT2D eigenvalue weighted by atomic mass is 9.49. The minimum atomic E-state index is -0.614. The third-order valence-corrected chi connectivity index (χ3v) is 9.71. The predicted octanol–water partition coefficient (Wildman–Crippen LogP) is 3.56. The van der Waals surface area contributed by atoms with Crippen molar-refractivity contribution in [2.75, 3.05) is 13.7 Å². The summed E-state index contributed by atoms with van der Waals surface area (Å²) in [6, 6.07) is 0. The van der Waals surface area contributed by atoms with Gasteiger partial charge >= 0.3 is 0 Å². The van der Waals surface area contributed by atoms with Crippen LogP contribution in [0, 0.1) is 40.9 Å². The number of hydrogen-bond acceptors (Lipinski definition) is 5. The van der Waals surface area contributed by atoms with Crippen molar-refractivity contribution in [1.82, 2.24) is 15.2 Å². The maximum Gasteiger partial charge on any atom is 0.144 e. The van der Waals surface area contributed by atoms with E-state index in [1.165, 1.54) is 38.4 Å². The molecule has 4 aliphatic rings. The molecule has 6 nitrogen and oxygen atoms in total. The first-order valence-electron chi connectivity index (χ1n) is 12.0. The second kappa shape index (κ2) is 7.70. The number of methoxy groups -OCH3 is 1. The molecule has 8 atom stereocenters. The molecule has 5 rings (SSSR count). The average molecular weight is 416 g/mol. The van der Waals surface area contributed by atoms with E-state index in [2.05, 4.69) is 22.1 Å². The fourth-order valence-electron chi connectivity index (χ4n) is 8.50. The van der Waals surface area contributed by atoms with Gasteiger partial charge in [0.2, 0.25) is 0 Å². The van der Waals surface area contributed by atoms with E-state index in [9.17, 15) is 9.90 Å². The minimum Gasteiger partial charge on any atom is -0.387 e. The van der Waals surface area contributed by atoms with Gasteiger partial charge in [-0.15, -0.1) is 0 Å². The molecule has 6 heteroatoms. The number of ketones is 1. The lowest BCUT2D eigenvalue weighted by Gasteiger charge is -2.57. The van der Waals surface area contributed by atoms with Gasteiger partial charge in [0.25, 0.3) is 0 Å². The molecule has 30 heavy (non-hydrogen) atoms. The Kier molecular flexibility index (Phi) is 5.29. The third-order valence-electron chi connectivity index (χ3n) is 9.71. The van der Waals surface area contributed by atoms with Gasteiger partial charge in [-0.1, -0.05) is 6.92 Å². The zero-order valence-corrected chi connectivity index (χ0v) is 18.5. The van der Waals surface area contributed by atoms with Crippen molar-refractivity contribution in [3.8, 4) is 0 Å². The Hall–Kier alpha value is -1.27. The lowest BCUT2D eigenvalue weighted by molar-refractivity contribution is -0.135. The molecule has 0 unspecified atom stereocenters. The third kappa shape index (κ3) is 3.35. The van der Waals surface area contributed by atoms with Crippen molar-refractivity contribution in [2.24, 2.45) is 40.9 Å². The zero-order valence-electron chi connectivity index (χ0n) is 18.5. The van der Waals surface area contributed by atoms with Crippen LogP contribution in [0.25, 0.3) is 0 Å². The summed E-state index contributed by atoms with van der Waals surface area (Å²) < 4.78 is 5.32. The molecule has 0 amide bonds. The van der Waals surface area contributed by atoms with Gasteiger partial charge in [0, 0.05) is 13.0 Å². The molecular formula is C24H37N3O3. The molecule has 4 saturated carbocycles. The summed E-state index contributed by atoms with van der Waals surface area (Å²) in [5.41, 5.74) is -0.464. The molecule has 1 aromatic heterocycles. The number of nitrogens with one attached hydrogen (secondary N) is 1. The maximum absolute atomic E-state index is 13.2. The summed E-state index contributed by atoms with van der Waals surface area (Å²) in [5.74, 6) is 4.87. The number of fused-ring (bicyclic) bond motifs is 5. The van der Waals surface area contributed by atoms with Crippen LogP contribution < -0.4 is 0 Å². The van der Waals surface area contributed by atoms with Crippen molar-refractivity contribution >= 4 is 5.78 Å². The van der Waals surface area contributed by atoms with Crippen LogP contribution in [0.3, 0.4) is 0 Å². The molecule has 4 aliphatic carbocycles. The molecule has 0 radical (unpaired) electrons. The van der Waals surface area contributed by atoms with E-state index in [0.29, 0.717) is 36.5 Å². The number of H-pyrrole nitrogens is 1. The maximum atomic E-state index is 13.2. The molecule has 1 aromatic rings. The Morgan fingerprint density at radius 2 is 2.00 bits per heavy atom. The highest BCUT2D eigenvalue weighted by Gasteiger charge is 2.58. The smallest absolute Gasteiger partial charge is 0.144 e. The van der Waals surface area contributed by atoms with Crippen molar-refractivity contribution < 1.29 is 14.6 Å². The second-order valence-corrected chi connectivity index (χ2v) is 11.1. The van der Waals surface area contributed by atoms with Crippen LogP contribution in [0.4, 0.5) is 0 Å². The standard InChI is InChI=1S/C24H37N3O3/c1-23-9-7-17-16-8-10-24(29,13-30-2)12-15(16)3-4-18(17)19(23)5-6-20(23)21(28)11-22-25-14-26-27-22/h14-20,29H,3-13H2,1-2H3,(H,25,26,27)/t15-,16+,17-,18-,19+,20-,23+,24-/m1/s1. The van der Waals surface area contributed by atoms with Gasteiger partial charge in [0.1, 0.15) is 17.9 Å². The van der Waals surface area contributed by atoms with Crippen LogP contribution in [0.1, 0.15) is 70.5 Å². The van der Waals surface area contributed by atoms with Crippen molar-refractivity contribution in [3.63, 3.8) is 0 Å². The number of aromatic nitrogens is 3. The first-order chi connectivity index (χ1) is 14.4. The summed E-state index contributed by atoms with van der Waals surface area (Å²) >= 11 is 0. The predicted molar refractivity (Wildman–Crippen MR) is 113 cm³/mol. The Morgan fingerprint density at radius 3 is 2.77 bits per heavy atom. The van der Waals surface area contributed by atoms with E-state index < -0.39 is 5.60 Å². The Morgan fingerprint density at radius 1 is 1.17 bits per heavy atom. The highest BCUT2D eigenvalue weighted by Crippen LogP contribution is 2.64. The first kappa shape index (κ1) is 20.6. The lowest BCUT2D eigenvalue weighted by Crippen LogP contribution is -2.52. The molecule has 0 saturated heterocycles. The Balaban J connectivity index is 1.29. The molecule has 4 fully saturated rings. The number of carbonyl (C=O) groups excluding carboxylic acids is 1. The number of Topliss-reactive ketones (excluding diaryl/α,β-unsaturated/α-hetero) is 1. The molecule has 2 N–H and O–H groups in total. The Bertz CT molecular complexity index is 768. The van der Waals surface area contributed by atoms with Gasteiger partial charge in [0.05, 0.1) is 18.6 Å². The quantitative estimate of drug-likeness (QED) is 0.768. The molecule has 0 spiro atoms. The largest absolute Gasteiger partial charge is 0.387 e. The van der Waals surface area contributed by atoms with Crippen LogP contribution in [0.15, 0.2) is 6.33 Å². The number of rotatable bonds is 5. The zero-order chi connectivity index (χ0) is 20.9. The van der Waals surface area contributed by atoms with Crippen LogP contribution in [-0.2, 0) is 16.0 Å². The molecule has 166 valence electrons. The summed E-state index contributed by atoms with van der Waals surface area (Å²) in [6.07, 6.45) is 12.0. The van der Waals surface area contributed by atoms with E-state index in [4.69, 9.17) is 4.74 Å². The highest BCUT2D eigenvalue weighted by atomic mass is 16.5. The van der Waals surface area contributed by atoms with Crippen LogP contribution in [-0.4, -0.2) is 45.4 Å². The molecule has 0 aromatic carbocycles. The van der Waals surface area contributed by atoms with Crippen LogP contribution in [0.2, 0.25) is 0 Å². The number of aliphatic hydroxyl groups is 1. The summed E-state index contributed by atoms with van der Waals surface area (Å²) in [6.45, 7) is 2.88. The van der Waals surface area contributed by atoms with Crippen molar-refractivity contribution in [2.45, 2.75) is 76.7 Å². The SMILES string of the molecule is COC[C@@]1(O)CC[C@H]2[C@H](CC[C@@H]3[C@@H]2CC[C@]2(C)[C@@H](C(=O)Cc4ncn[nH]4)CC[C@@H]32)C1. The fraction of sp³-hybridized carbons (Fsp3) is 0.875. The van der Waals surface area contributed by atoms with E-state index in [1.807, 2.05) is 0 Å². The van der Waals surface area contributed by atoms with Crippen LogP contribution in [0.5, 0.6) is 0 Å². The minimum absolute atomic E-state index is 0.149. The van der Waals surface area contributed by atoms with Gasteiger partial charge in [-0.3, -0.25) is 9.89 Å². The second-order valence-electron chi connectivity index (χ2n) is 11.1. The van der Waals surface area contributed by atoms with E-state index in [0.717, 1.165) is 43.4 Å². The number of carbonyl (C=O) groups is 1. The van der Waals surface area contributed by atoms with Crippen molar-refractivity contribution in [3.05, 3.63) is 12.2 Å². The van der Waals surface area contributed by atoms with Crippen LogP contribution >= 0.6 is 0 Å². The normalized spacial score (nSPS) is 45.4. The monoisotopic (exact) mass is 415 g/mol. The van der Waals surface area contributed by atoms with E-state index >= 15 is 0 Å². The van der Waals surface area contributed by atoms with E-state index in [-0.39, 0.29) is 11.3 Å². The highest BCUT2D eigenvalue weighted by molar-refractivity contribution is 5.83. The van der Waals surface area contributed by atoms with Gasteiger partial charge in [-0.05, 0) is 92.8 Å². The summed E-state index contributed by atoms with van der Waals surface area (Å²) in [5, 5.41) is 17.7. The van der Waals surface area contributed by atoms with Crippen molar-refractivity contribution in [1.29, 1.82) is 0 Å². The topological polar surface area (TPSA) is 88.1 Å². The Labute approximate surface area is 179 Å². The summed E-state index contributed by atoms with van der Waals surface area (Å²) in [7, 11) is 1.70. The first-order valence-corrected chi connectivity index (χ1v) is 12.0. The molecular weight excluding hydrogens is 378 g/mol. The number of nitrogens with zero attached hydrogens (tertiary/aromatic N) is 2. The van der Waals surface area contributed by atoms with Gasteiger partial charge in [-0.2, -0.15) is 5.10 Å². The van der Waals surface area contributed by atoms with E-state index in [1.54, 1.807) is 7.11 Å². The number of hydrogen-bond donors (Lipinski definition) is 2. The fourth-order valence-corrected chi connectivity index (χ4v) is 8.50. The summed E-state index contributed by atoms with van der Waals surface area (Å²) in [4.78, 5) is 17.3. The molecule has 1 heterocycles.